The lowest BCUT2D eigenvalue weighted by Crippen LogP contribution is -2.36. The van der Waals surface area contributed by atoms with Crippen molar-refractivity contribution in [1.82, 2.24) is 4.72 Å². The van der Waals surface area contributed by atoms with Crippen LogP contribution in [0, 0.1) is 5.82 Å². The maximum absolute atomic E-state index is 12.9. The maximum atomic E-state index is 12.9. The Hall–Kier alpha value is -2.19. The molecule has 0 fully saturated rings. The third kappa shape index (κ3) is 4.17. The van der Waals surface area contributed by atoms with Crippen LogP contribution in [-0.2, 0) is 16.4 Å². The number of halogens is 1. The highest BCUT2D eigenvalue weighted by Crippen LogP contribution is 2.18. The number of carbonyl (C=O) groups is 1. The number of carboxylic acids is 1. The molecule has 2 N–H and O–H groups in total. The first kappa shape index (κ1) is 17.2. The van der Waals surface area contributed by atoms with E-state index in [9.17, 15) is 17.6 Å². The van der Waals surface area contributed by atoms with Crippen molar-refractivity contribution in [2.45, 2.75) is 30.9 Å². The molecule has 0 aliphatic carbocycles. The molecule has 23 heavy (non-hydrogen) atoms. The molecule has 2 aromatic rings. The highest BCUT2D eigenvalue weighted by Gasteiger charge is 2.28. The van der Waals surface area contributed by atoms with E-state index in [0.29, 0.717) is 12.8 Å². The Morgan fingerprint density at radius 3 is 2.52 bits per heavy atom. The number of rotatable bonds is 7. The van der Waals surface area contributed by atoms with Gasteiger partial charge in [-0.15, -0.1) is 0 Å². The Morgan fingerprint density at radius 1 is 1.30 bits per heavy atom. The lowest BCUT2D eigenvalue weighted by Gasteiger charge is -2.16. The molecule has 0 bridgehead atoms. The number of hydrogen-bond donors (Lipinski definition) is 2. The first-order valence-corrected chi connectivity index (χ1v) is 8.39. The predicted molar refractivity (Wildman–Crippen MR) is 80.2 cm³/mol. The third-order valence-corrected chi connectivity index (χ3v) is 4.76. The lowest BCUT2D eigenvalue weighted by atomic mass is 10.1. The fourth-order valence-corrected chi connectivity index (χ4v) is 3.53. The van der Waals surface area contributed by atoms with E-state index in [4.69, 9.17) is 9.52 Å². The van der Waals surface area contributed by atoms with Crippen LogP contribution in [0.5, 0.6) is 0 Å². The summed E-state index contributed by atoms with van der Waals surface area (Å²) in [4.78, 5) is 11.0. The fraction of sp³-hybridized carbons (Fsp3) is 0.267. The zero-order chi connectivity index (χ0) is 17.0. The van der Waals surface area contributed by atoms with E-state index >= 15 is 0 Å². The van der Waals surface area contributed by atoms with E-state index < -0.39 is 32.7 Å². The highest BCUT2D eigenvalue weighted by molar-refractivity contribution is 7.89. The maximum Gasteiger partial charge on any atom is 0.340 e. The van der Waals surface area contributed by atoms with Crippen molar-refractivity contribution in [3.63, 3.8) is 0 Å². The first-order valence-electron chi connectivity index (χ1n) is 6.91. The number of hydrogen-bond acceptors (Lipinski definition) is 4. The molecule has 2 rings (SSSR count). The standard InChI is InChI=1S/C15H16FNO5S/c1-2-12(9-10-3-5-11(16)6-4-10)17-23(20,21)15-13(14(18)19)7-8-22-15/h3-8,12,17H,2,9H2,1H3,(H,18,19). The number of aromatic carboxylic acids is 1. The summed E-state index contributed by atoms with van der Waals surface area (Å²) in [5.74, 6) is -1.75. The number of sulfonamides is 1. The van der Waals surface area contributed by atoms with Crippen molar-refractivity contribution >= 4 is 16.0 Å². The summed E-state index contributed by atoms with van der Waals surface area (Å²) < 4.78 is 44.8. The largest absolute Gasteiger partial charge is 0.478 e. The summed E-state index contributed by atoms with van der Waals surface area (Å²) in [7, 11) is -4.10. The van der Waals surface area contributed by atoms with Gasteiger partial charge in [0.25, 0.3) is 10.0 Å². The Balaban J connectivity index is 2.18. The molecule has 0 aliphatic heterocycles. The average molecular weight is 341 g/mol. The van der Waals surface area contributed by atoms with Crippen LogP contribution in [0.15, 0.2) is 46.1 Å². The molecular formula is C15H16FNO5S. The fourth-order valence-electron chi connectivity index (χ4n) is 2.11. The van der Waals surface area contributed by atoms with E-state index in [-0.39, 0.29) is 5.82 Å². The van der Waals surface area contributed by atoms with Crippen molar-refractivity contribution in [3.05, 3.63) is 53.5 Å². The van der Waals surface area contributed by atoms with Gasteiger partial charge in [0.2, 0.25) is 5.09 Å². The summed E-state index contributed by atoms with van der Waals surface area (Å²) in [6.45, 7) is 1.79. The van der Waals surface area contributed by atoms with Crippen LogP contribution >= 0.6 is 0 Å². The first-order chi connectivity index (χ1) is 10.8. The highest BCUT2D eigenvalue weighted by atomic mass is 32.2. The molecule has 0 amide bonds. The monoisotopic (exact) mass is 341 g/mol. The second-order valence-electron chi connectivity index (χ2n) is 4.98. The third-order valence-electron chi connectivity index (χ3n) is 3.31. The number of benzene rings is 1. The molecule has 124 valence electrons. The van der Waals surface area contributed by atoms with Crippen LogP contribution in [0.3, 0.4) is 0 Å². The summed E-state index contributed by atoms with van der Waals surface area (Å²) in [6, 6.07) is 6.34. The molecule has 0 radical (unpaired) electrons. The summed E-state index contributed by atoms with van der Waals surface area (Å²) in [6.07, 6.45) is 1.83. The van der Waals surface area contributed by atoms with Gasteiger partial charge in [-0.3, -0.25) is 0 Å². The van der Waals surface area contributed by atoms with Gasteiger partial charge in [-0.1, -0.05) is 19.1 Å². The average Bonchev–Trinajstić information content (AvgIpc) is 2.99. The molecular weight excluding hydrogens is 325 g/mol. The van der Waals surface area contributed by atoms with Gasteiger partial charge in [-0.05, 0) is 36.6 Å². The molecule has 0 aliphatic rings. The quantitative estimate of drug-likeness (QED) is 0.806. The van der Waals surface area contributed by atoms with Gasteiger partial charge < -0.3 is 9.52 Å². The van der Waals surface area contributed by atoms with Crippen LogP contribution in [0.25, 0.3) is 0 Å². The van der Waals surface area contributed by atoms with Gasteiger partial charge >= 0.3 is 5.97 Å². The van der Waals surface area contributed by atoms with Crippen LogP contribution < -0.4 is 4.72 Å². The van der Waals surface area contributed by atoms with Crippen molar-refractivity contribution < 1.29 is 27.1 Å². The SMILES string of the molecule is CCC(Cc1ccc(F)cc1)NS(=O)(=O)c1occc1C(=O)O. The second kappa shape index (κ2) is 6.93. The molecule has 0 spiro atoms. The molecule has 1 heterocycles. The second-order valence-corrected chi connectivity index (χ2v) is 6.60. The van der Waals surface area contributed by atoms with Crippen LogP contribution in [0.2, 0.25) is 0 Å². The predicted octanol–water partition coefficient (Wildman–Crippen LogP) is 2.42. The van der Waals surface area contributed by atoms with Gasteiger partial charge in [-0.2, -0.15) is 0 Å². The Labute approximate surface area is 133 Å². The molecule has 1 unspecified atom stereocenters. The van der Waals surface area contributed by atoms with Gasteiger partial charge in [0.15, 0.2) is 0 Å². The van der Waals surface area contributed by atoms with Crippen molar-refractivity contribution in [1.29, 1.82) is 0 Å². The van der Waals surface area contributed by atoms with Gasteiger partial charge in [0.05, 0.1) is 6.26 Å². The van der Waals surface area contributed by atoms with Gasteiger partial charge in [0.1, 0.15) is 11.4 Å². The molecule has 6 nitrogen and oxygen atoms in total. The molecule has 1 aromatic carbocycles. The Morgan fingerprint density at radius 2 is 1.96 bits per heavy atom. The Bertz CT molecular complexity index is 782. The number of nitrogens with one attached hydrogen (secondary N) is 1. The smallest absolute Gasteiger partial charge is 0.340 e. The van der Waals surface area contributed by atoms with E-state index in [2.05, 4.69) is 4.72 Å². The van der Waals surface area contributed by atoms with Gasteiger partial charge in [0, 0.05) is 6.04 Å². The molecule has 1 atom stereocenters. The number of carboxylic acid groups (broad SMARTS) is 1. The van der Waals surface area contributed by atoms with E-state index in [0.717, 1.165) is 17.9 Å². The number of furan rings is 1. The zero-order valence-electron chi connectivity index (χ0n) is 12.3. The van der Waals surface area contributed by atoms with E-state index in [1.807, 2.05) is 0 Å². The van der Waals surface area contributed by atoms with Crippen LogP contribution in [-0.4, -0.2) is 25.5 Å². The van der Waals surface area contributed by atoms with Crippen LogP contribution in [0.1, 0.15) is 29.3 Å². The van der Waals surface area contributed by atoms with Crippen molar-refractivity contribution in [3.8, 4) is 0 Å². The lowest BCUT2D eigenvalue weighted by molar-refractivity contribution is 0.0689. The summed E-state index contributed by atoms with van der Waals surface area (Å²) in [5, 5.41) is 8.36. The van der Waals surface area contributed by atoms with Crippen molar-refractivity contribution in [2.24, 2.45) is 0 Å². The van der Waals surface area contributed by atoms with Crippen LogP contribution in [0.4, 0.5) is 4.39 Å². The van der Waals surface area contributed by atoms with Crippen molar-refractivity contribution in [2.75, 3.05) is 0 Å². The normalized spacial score (nSPS) is 13.0. The summed E-state index contributed by atoms with van der Waals surface area (Å²) >= 11 is 0. The van der Waals surface area contributed by atoms with Gasteiger partial charge in [-0.25, -0.2) is 22.3 Å². The van der Waals surface area contributed by atoms with E-state index in [1.54, 1.807) is 19.1 Å². The minimum Gasteiger partial charge on any atom is -0.478 e. The minimum atomic E-state index is -4.10. The molecule has 8 heteroatoms. The molecule has 0 saturated carbocycles. The minimum absolute atomic E-state index is 0.346. The van der Waals surface area contributed by atoms with E-state index in [1.165, 1.54) is 12.1 Å². The summed E-state index contributed by atoms with van der Waals surface area (Å²) in [5.41, 5.74) is 0.341. The molecule has 0 saturated heterocycles. The zero-order valence-corrected chi connectivity index (χ0v) is 13.1. The molecule has 1 aromatic heterocycles. The topological polar surface area (TPSA) is 96.6 Å². The Kier molecular flexibility index (Phi) is 5.17.